The number of rotatable bonds is 2. The van der Waals surface area contributed by atoms with Gasteiger partial charge in [-0.3, -0.25) is 0 Å². The van der Waals surface area contributed by atoms with Gasteiger partial charge < -0.3 is 10.6 Å². The number of nitrogens with two attached hydrogens (primary N) is 1. The van der Waals surface area contributed by atoms with Crippen LogP contribution in [0.2, 0.25) is 0 Å². The Kier molecular flexibility index (Phi) is 3.39. The topological polar surface area (TPSA) is 65.9 Å². The second-order valence-corrected chi connectivity index (χ2v) is 4.61. The lowest BCUT2D eigenvalue weighted by atomic mass is 10.1. The number of pyridine rings is 1. The van der Waals surface area contributed by atoms with Crippen LogP contribution in [0.15, 0.2) is 30.5 Å². The molecular weight excluding hydrogens is 236 g/mol. The third-order valence-corrected chi connectivity index (χ3v) is 3.00. The van der Waals surface area contributed by atoms with E-state index in [0.717, 1.165) is 5.69 Å². The van der Waals surface area contributed by atoms with E-state index in [1.807, 2.05) is 25.8 Å². The summed E-state index contributed by atoms with van der Waals surface area (Å²) >= 11 is 0. The summed E-state index contributed by atoms with van der Waals surface area (Å²) in [6, 6.07) is 9.93. The van der Waals surface area contributed by atoms with Crippen LogP contribution in [0.4, 0.5) is 17.2 Å². The van der Waals surface area contributed by atoms with E-state index in [2.05, 4.69) is 29.3 Å². The Morgan fingerprint density at radius 2 is 1.84 bits per heavy atom. The normalized spacial score (nSPS) is 10.0. The first-order valence-corrected chi connectivity index (χ1v) is 5.99. The van der Waals surface area contributed by atoms with Crippen molar-refractivity contribution in [2.24, 2.45) is 0 Å². The number of benzene rings is 1. The average Bonchev–Trinajstić information content (AvgIpc) is 2.37. The summed E-state index contributed by atoms with van der Waals surface area (Å²) < 4.78 is 0. The monoisotopic (exact) mass is 252 g/mol. The second kappa shape index (κ2) is 4.99. The molecule has 1 heterocycles. The molecule has 0 spiro atoms. The minimum atomic E-state index is 0.409. The fraction of sp³-hybridized carbons (Fsp3) is 0.200. The van der Waals surface area contributed by atoms with Crippen molar-refractivity contribution in [1.29, 1.82) is 5.26 Å². The van der Waals surface area contributed by atoms with Crippen molar-refractivity contribution in [3.05, 3.63) is 47.2 Å². The SMILES string of the molecule is Cc1cc(C)cc(N(C)c2nccc(C#N)c2N)c1. The molecule has 0 amide bonds. The zero-order chi connectivity index (χ0) is 14.0. The van der Waals surface area contributed by atoms with E-state index in [1.54, 1.807) is 12.3 Å². The van der Waals surface area contributed by atoms with Crippen molar-refractivity contribution in [3.8, 4) is 6.07 Å². The number of nitrogen functional groups attached to an aromatic ring is 1. The number of hydrogen-bond acceptors (Lipinski definition) is 4. The molecule has 0 unspecified atom stereocenters. The summed E-state index contributed by atoms with van der Waals surface area (Å²) in [5, 5.41) is 9.01. The Balaban J connectivity index is 2.50. The Hall–Kier alpha value is -2.54. The molecule has 2 aromatic rings. The maximum atomic E-state index is 9.01. The van der Waals surface area contributed by atoms with Gasteiger partial charge >= 0.3 is 0 Å². The van der Waals surface area contributed by atoms with Gasteiger partial charge in [0.25, 0.3) is 0 Å². The molecule has 0 radical (unpaired) electrons. The summed E-state index contributed by atoms with van der Waals surface area (Å²) in [7, 11) is 1.90. The van der Waals surface area contributed by atoms with E-state index < -0.39 is 0 Å². The third kappa shape index (κ3) is 2.50. The van der Waals surface area contributed by atoms with Crippen LogP contribution in [-0.4, -0.2) is 12.0 Å². The van der Waals surface area contributed by atoms with Crippen LogP contribution >= 0.6 is 0 Å². The van der Waals surface area contributed by atoms with Gasteiger partial charge in [0.15, 0.2) is 5.82 Å². The number of aryl methyl sites for hydroxylation is 2. The molecule has 0 saturated heterocycles. The maximum absolute atomic E-state index is 9.01. The number of hydrogen-bond donors (Lipinski definition) is 1. The van der Waals surface area contributed by atoms with E-state index in [9.17, 15) is 0 Å². The van der Waals surface area contributed by atoms with Crippen LogP contribution in [0.3, 0.4) is 0 Å². The fourth-order valence-electron chi connectivity index (χ4n) is 2.09. The van der Waals surface area contributed by atoms with E-state index >= 15 is 0 Å². The van der Waals surface area contributed by atoms with Crippen LogP contribution in [0.25, 0.3) is 0 Å². The molecule has 1 aromatic carbocycles. The minimum absolute atomic E-state index is 0.409. The van der Waals surface area contributed by atoms with Gasteiger partial charge in [-0.1, -0.05) is 6.07 Å². The molecule has 1 aromatic heterocycles. The Bertz CT molecular complexity index is 635. The highest BCUT2D eigenvalue weighted by molar-refractivity contribution is 5.75. The van der Waals surface area contributed by atoms with Crippen LogP contribution in [0, 0.1) is 25.2 Å². The lowest BCUT2D eigenvalue weighted by Crippen LogP contribution is -2.14. The average molecular weight is 252 g/mol. The molecule has 0 aliphatic carbocycles. The van der Waals surface area contributed by atoms with Crippen molar-refractivity contribution < 1.29 is 0 Å². The summed E-state index contributed by atoms with van der Waals surface area (Å²) in [6.07, 6.45) is 1.60. The Morgan fingerprint density at radius 3 is 2.42 bits per heavy atom. The van der Waals surface area contributed by atoms with Crippen LogP contribution < -0.4 is 10.6 Å². The van der Waals surface area contributed by atoms with E-state index in [1.165, 1.54) is 11.1 Å². The van der Waals surface area contributed by atoms with Gasteiger partial charge in [0.2, 0.25) is 0 Å². The van der Waals surface area contributed by atoms with E-state index in [4.69, 9.17) is 11.0 Å². The summed E-state index contributed by atoms with van der Waals surface area (Å²) in [6.45, 7) is 4.10. The lowest BCUT2D eigenvalue weighted by Gasteiger charge is -2.21. The number of aromatic nitrogens is 1. The standard InChI is InChI=1S/C15H16N4/c1-10-6-11(2)8-13(7-10)19(3)15-14(17)12(9-16)4-5-18-15/h4-8H,17H2,1-3H3. The molecule has 4 heteroatoms. The molecule has 0 fully saturated rings. The summed E-state index contributed by atoms with van der Waals surface area (Å²) in [5.74, 6) is 0.601. The molecule has 19 heavy (non-hydrogen) atoms. The van der Waals surface area contributed by atoms with E-state index in [0.29, 0.717) is 17.1 Å². The lowest BCUT2D eigenvalue weighted by molar-refractivity contribution is 1.12. The molecule has 96 valence electrons. The Morgan fingerprint density at radius 1 is 1.21 bits per heavy atom. The first-order chi connectivity index (χ1) is 9.02. The van der Waals surface area contributed by atoms with Gasteiger partial charge in [0, 0.05) is 18.9 Å². The number of anilines is 3. The van der Waals surface area contributed by atoms with Crippen LogP contribution in [-0.2, 0) is 0 Å². The Labute approximate surface area is 113 Å². The van der Waals surface area contributed by atoms with Gasteiger partial charge in [0.1, 0.15) is 6.07 Å². The van der Waals surface area contributed by atoms with Gasteiger partial charge in [0.05, 0.1) is 11.3 Å². The highest BCUT2D eigenvalue weighted by atomic mass is 15.2. The molecule has 2 rings (SSSR count). The van der Waals surface area contributed by atoms with E-state index in [-0.39, 0.29) is 0 Å². The highest BCUT2D eigenvalue weighted by Crippen LogP contribution is 2.29. The first kappa shape index (κ1) is 12.9. The smallest absolute Gasteiger partial charge is 0.157 e. The first-order valence-electron chi connectivity index (χ1n) is 5.99. The van der Waals surface area contributed by atoms with Crippen molar-refractivity contribution in [1.82, 2.24) is 4.98 Å². The molecule has 4 nitrogen and oxygen atoms in total. The minimum Gasteiger partial charge on any atom is -0.395 e. The highest BCUT2D eigenvalue weighted by Gasteiger charge is 2.12. The zero-order valence-electron chi connectivity index (χ0n) is 11.3. The van der Waals surface area contributed by atoms with Gasteiger partial charge in [-0.2, -0.15) is 5.26 Å². The molecule has 2 N–H and O–H groups in total. The predicted molar refractivity (Wildman–Crippen MR) is 77.3 cm³/mol. The molecule has 0 atom stereocenters. The molecule has 0 bridgehead atoms. The maximum Gasteiger partial charge on any atom is 0.157 e. The van der Waals surface area contributed by atoms with Crippen LogP contribution in [0.1, 0.15) is 16.7 Å². The van der Waals surface area contributed by atoms with Crippen LogP contribution in [0.5, 0.6) is 0 Å². The zero-order valence-corrected chi connectivity index (χ0v) is 11.3. The van der Waals surface area contributed by atoms with Gasteiger partial charge in [-0.25, -0.2) is 4.98 Å². The third-order valence-electron chi connectivity index (χ3n) is 3.00. The van der Waals surface area contributed by atoms with Gasteiger partial charge in [-0.15, -0.1) is 0 Å². The fourth-order valence-corrected chi connectivity index (χ4v) is 2.09. The number of nitriles is 1. The number of nitrogens with zero attached hydrogens (tertiary/aromatic N) is 3. The summed E-state index contributed by atoms with van der Waals surface area (Å²) in [5.41, 5.74) is 10.2. The molecular formula is C15H16N4. The van der Waals surface area contributed by atoms with Crippen molar-refractivity contribution in [2.75, 3.05) is 17.7 Å². The van der Waals surface area contributed by atoms with Gasteiger partial charge in [-0.05, 0) is 43.2 Å². The van der Waals surface area contributed by atoms with Crippen molar-refractivity contribution >= 4 is 17.2 Å². The summed E-state index contributed by atoms with van der Waals surface area (Å²) in [4.78, 5) is 6.17. The second-order valence-electron chi connectivity index (χ2n) is 4.61. The quantitative estimate of drug-likeness (QED) is 0.892. The molecule has 0 aliphatic rings. The molecule has 0 aliphatic heterocycles. The van der Waals surface area contributed by atoms with Crippen molar-refractivity contribution in [2.45, 2.75) is 13.8 Å². The largest absolute Gasteiger partial charge is 0.395 e. The van der Waals surface area contributed by atoms with Crippen molar-refractivity contribution in [3.63, 3.8) is 0 Å². The predicted octanol–water partition coefficient (Wildman–Crippen LogP) is 2.92. The molecule has 0 saturated carbocycles.